The molecule has 0 saturated heterocycles. The van der Waals surface area contributed by atoms with Crippen molar-refractivity contribution in [3.8, 4) is 5.75 Å². The lowest BCUT2D eigenvalue weighted by molar-refractivity contribution is -0.115. The number of carbonyl (C=O) groups is 1. The highest BCUT2D eigenvalue weighted by atomic mass is 16.5. The van der Waals surface area contributed by atoms with Crippen molar-refractivity contribution in [2.45, 2.75) is 6.42 Å². The lowest BCUT2D eigenvalue weighted by Crippen LogP contribution is -2.24. The second-order valence-corrected chi connectivity index (χ2v) is 5.35. The topological polar surface area (TPSA) is 73.2 Å². The van der Waals surface area contributed by atoms with Gasteiger partial charge in [-0.3, -0.25) is 9.59 Å². The van der Waals surface area contributed by atoms with Crippen molar-refractivity contribution in [3.05, 3.63) is 64.6 Å². The summed E-state index contributed by atoms with van der Waals surface area (Å²) < 4.78 is 6.48. The lowest BCUT2D eigenvalue weighted by Gasteiger charge is -2.11. The number of rotatable bonds is 4. The molecule has 6 nitrogen and oxygen atoms in total. The van der Waals surface area contributed by atoms with Crippen molar-refractivity contribution >= 4 is 22.4 Å². The summed E-state index contributed by atoms with van der Waals surface area (Å²) in [5.41, 5.74) is 0.971. The van der Waals surface area contributed by atoms with Crippen LogP contribution in [0.15, 0.2) is 53.3 Å². The van der Waals surface area contributed by atoms with E-state index in [0.29, 0.717) is 27.9 Å². The van der Waals surface area contributed by atoms with E-state index >= 15 is 0 Å². The molecule has 1 aromatic heterocycles. The van der Waals surface area contributed by atoms with Crippen LogP contribution in [0.1, 0.15) is 5.69 Å². The second-order valence-electron chi connectivity index (χ2n) is 5.35. The summed E-state index contributed by atoms with van der Waals surface area (Å²) in [6.45, 7) is 0. The summed E-state index contributed by atoms with van der Waals surface area (Å²) >= 11 is 0. The number of methoxy groups -OCH3 is 1. The number of nitrogens with zero attached hydrogens (tertiary/aromatic N) is 2. The SMILES string of the molecule is COc1ccccc1NC(=O)Cc1nn(C)c(=O)c2ccccc12. The smallest absolute Gasteiger partial charge is 0.274 e. The van der Waals surface area contributed by atoms with E-state index in [1.54, 1.807) is 44.5 Å². The van der Waals surface area contributed by atoms with E-state index in [4.69, 9.17) is 4.74 Å². The molecule has 6 heteroatoms. The Bertz CT molecular complexity index is 963. The van der Waals surface area contributed by atoms with Gasteiger partial charge in [0, 0.05) is 12.4 Å². The molecule has 0 fully saturated rings. The number of hydrogen-bond donors (Lipinski definition) is 1. The highest BCUT2D eigenvalue weighted by Crippen LogP contribution is 2.23. The fraction of sp³-hybridized carbons (Fsp3) is 0.167. The van der Waals surface area contributed by atoms with Crippen molar-refractivity contribution in [2.75, 3.05) is 12.4 Å². The minimum absolute atomic E-state index is 0.0622. The molecule has 0 spiro atoms. The number of nitrogens with one attached hydrogen (secondary N) is 1. The van der Waals surface area contributed by atoms with Gasteiger partial charge in [-0.15, -0.1) is 0 Å². The van der Waals surface area contributed by atoms with Crippen molar-refractivity contribution in [1.29, 1.82) is 0 Å². The van der Waals surface area contributed by atoms with Gasteiger partial charge in [-0.1, -0.05) is 30.3 Å². The minimum atomic E-state index is -0.226. The molecule has 3 aromatic rings. The zero-order valence-corrected chi connectivity index (χ0v) is 13.4. The van der Waals surface area contributed by atoms with Gasteiger partial charge in [0.2, 0.25) is 5.91 Å². The van der Waals surface area contributed by atoms with Crippen LogP contribution in [0, 0.1) is 0 Å². The minimum Gasteiger partial charge on any atom is -0.495 e. The molecule has 2 aromatic carbocycles. The number of hydrogen-bond acceptors (Lipinski definition) is 4. The lowest BCUT2D eigenvalue weighted by atomic mass is 10.1. The molecule has 1 amide bonds. The summed E-state index contributed by atoms with van der Waals surface area (Å²) in [5.74, 6) is 0.361. The van der Waals surface area contributed by atoms with E-state index in [-0.39, 0.29) is 17.9 Å². The Labute approximate surface area is 138 Å². The van der Waals surface area contributed by atoms with Gasteiger partial charge >= 0.3 is 0 Å². The number of ether oxygens (including phenoxy) is 1. The van der Waals surface area contributed by atoms with Crippen LogP contribution in [0.5, 0.6) is 5.75 Å². The van der Waals surface area contributed by atoms with Crippen LogP contribution in [0.2, 0.25) is 0 Å². The molecule has 0 unspecified atom stereocenters. The predicted octanol–water partition coefficient (Wildman–Crippen LogP) is 2.12. The van der Waals surface area contributed by atoms with Crippen LogP contribution in [-0.2, 0) is 18.3 Å². The molecule has 0 aliphatic rings. The first-order valence-electron chi connectivity index (χ1n) is 7.48. The Morgan fingerprint density at radius 3 is 2.54 bits per heavy atom. The molecular weight excluding hydrogens is 306 g/mol. The Kier molecular flexibility index (Phi) is 4.29. The summed E-state index contributed by atoms with van der Waals surface area (Å²) in [6, 6.07) is 14.3. The average molecular weight is 323 g/mol. The monoisotopic (exact) mass is 323 g/mol. The largest absolute Gasteiger partial charge is 0.495 e. The van der Waals surface area contributed by atoms with E-state index in [9.17, 15) is 9.59 Å². The summed E-state index contributed by atoms with van der Waals surface area (Å²) in [6.07, 6.45) is 0.0622. The molecule has 0 bridgehead atoms. The maximum Gasteiger partial charge on any atom is 0.274 e. The third-order valence-corrected chi connectivity index (χ3v) is 3.74. The Morgan fingerprint density at radius 1 is 1.12 bits per heavy atom. The number of aromatic nitrogens is 2. The van der Waals surface area contributed by atoms with Gasteiger partial charge in [0.1, 0.15) is 5.75 Å². The first-order valence-corrected chi connectivity index (χ1v) is 7.48. The Morgan fingerprint density at radius 2 is 1.79 bits per heavy atom. The van der Waals surface area contributed by atoms with Crippen molar-refractivity contribution in [1.82, 2.24) is 9.78 Å². The Balaban J connectivity index is 1.91. The van der Waals surface area contributed by atoms with Crippen molar-refractivity contribution in [3.63, 3.8) is 0 Å². The van der Waals surface area contributed by atoms with Gasteiger partial charge in [-0.25, -0.2) is 4.68 Å². The van der Waals surface area contributed by atoms with E-state index in [1.807, 2.05) is 18.2 Å². The number of anilines is 1. The number of aryl methyl sites for hydroxylation is 1. The van der Waals surface area contributed by atoms with E-state index < -0.39 is 0 Å². The van der Waals surface area contributed by atoms with Crippen LogP contribution in [0.25, 0.3) is 10.8 Å². The van der Waals surface area contributed by atoms with Gasteiger partial charge in [-0.2, -0.15) is 5.10 Å². The highest BCUT2D eigenvalue weighted by Gasteiger charge is 2.13. The van der Waals surface area contributed by atoms with Gasteiger partial charge in [0.25, 0.3) is 5.56 Å². The molecule has 3 rings (SSSR count). The molecule has 1 N–H and O–H groups in total. The number of para-hydroxylation sites is 2. The maximum atomic E-state index is 12.4. The van der Waals surface area contributed by atoms with Gasteiger partial charge < -0.3 is 10.1 Å². The maximum absolute atomic E-state index is 12.4. The van der Waals surface area contributed by atoms with Crippen molar-refractivity contribution < 1.29 is 9.53 Å². The van der Waals surface area contributed by atoms with Gasteiger partial charge in [-0.05, 0) is 18.2 Å². The molecule has 0 aliphatic heterocycles. The van der Waals surface area contributed by atoms with E-state index in [2.05, 4.69) is 10.4 Å². The third kappa shape index (κ3) is 2.99. The van der Waals surface area contributed by atoms with Crippen LogP contribution >= 0.6 is 0 Å². The molecule has 0 aliphatic carbocycles. The van der Waals surface area contributed by atoms with Crippen molar-refractivity contribution in [2.24, 2.45) is 7.05 Å². The molecule has 0 saturated carbocycles. The van der Waals surface area contributed by atoms with Gasteiger partial charge in [0.15, 0.2) is 0 Å². The van der Waals surface area contributed by atoms with Crippen LogP contribution in [0.4, 0.5) is 5.69 Å². The normalized spacial score (nSPS) is 10.6. The third-order valence-electron chi connectivity index (χ3n) is 3.74. The van der Waals surface area contributed by atoms with Crippen LogP contribution in [0.3, 0.4) is 0 Å². The zero-order valence-electron chi connectivity index (χ0n) is 13.4. The standard InChI is InChI=1S/C18H17N3O3/c1-21-18(23)13-8-4-3-7-12(13)15(20-21)11-17(22)19-14-9-5-6-10-16(14)24-2/h3-10H,11H2,1-2H3,(H,19,22). The molecule has 1 heterocycles. The first kappa shape index (κ1) is 15.7. The summed E-state index contributed by atoms with van der Waals surface area (Å²) in [7, 11) is 3.13. The van der Waals surface area contributed by atoms with Crippen LogP contribution in [-0.4, -0.2) is 22.8 Å². The number of fused-ring (bicyclic) bond motifs is 1. The fourth-order valence-corrected chi connectivity index (χ4v) is 2.60. The molecular formula is C18H17N3O3. The highest BCUT2D eigenvalue weighted by molar-refractivity contribution is 5.96. The van der Waals surface area contributed by atoms with E-state index in [1.165, 1.54) is 4.68 Å². The predicted molar refractivity (Wildman–Crippen MR) is 92.3 cm³/mol. The number of carbonyl (C=O) groups excluding carboxylic acids is 1. The molecule has 122 valence electrons. The van der Waals surface area contributed by atoms with Crippen LogP contribution < -0.4 is 15.6 Å². The first-order chi connectivity index (χ1) is 11.6. The Hall–Kier alpha value is -3.15. The second kappa shape index (κ2) is 6.54. The molecule has 0 atom stereocenters. The summed E-state index contributed by atoms with van der Waals surface area (Å²) in [5, 5.41) is 8.30. The fourth-order valence-electron chi connectivity index (χ4n) is 2.60. The summed E-state index contributed by atoms with van der Waals surface area (Å²) in [4.78, 5) is 24.5. The molecule has 24 heavy (non-hydrogen) atoms. The number of benzene rings is 2. The quantitative estimate of drug-likeness (QED) is 0.798. The van der Waals surface area contributed by atoms with Gasteiger partial charge in [0.05, 0.1) is 30.3 Å². The number of amides is 1. The molecule has 0 radical (unpaired) electrons. The average Bonchev–Trinajstić information content (AvgIpc) is 2.60. The van der Waals surface area contributed by atoms with E-state index in [0.717, 1.165) is 0 Å². The zero-order chi connectivity index (χ0) is 17.1.